The molecule has 1 rings (SSSR count). The SMILES string of the molecule is CC(C)OCC(=O)N(C)c1ccncc1N. The first kappa shape index (κ1) is 12.4. The molecule has 0 aromatic carbocycles. The number of carbonyl (C=O) groups is 1. The molecule has 88 valence electrons. The number of carbonyl (C=O) groups excluding carboxylic acids is 1. The first-order chi connectivity index (χ1) is 7.52. The predicted octanol–water partition coefficient (Wildman–Crippen LogP) is 1.05. The highest BCUT2D eigenvalue weighted by atomic mass is 16.5. The molecule has 0 aliphatic carbocycles. The van der Waals surface area contributed by atoms with Crippen molar-refractivity contribution in [2.24, 2.45) is 0 Å². The van der Waals surface area contributed by atoms with E-state index in [1.807, 2.05) is 13.8 Å². The second-order valence-electron chi connectivity index (χ2n) is 3.75. The summed E-state index contributed by atoms with van der Waals surface area (Å²) in [6.07, 6.45) is 3.15. The van der Waals surface area contributed by atoms with Gasteiger partial charge in [0.15, 0.2) is 0 Å². The zero-order valence-corrected chi connectivity index (χ0v) is 9.80. The van der Waals surface area contributed by atoms with Gasteiger partial charge in [0, 0.05) is 13.2 Å². The first-order valence-corrected chi connectivity index (χ1v) is 5.10. The summed E-state index contributed by atoms with van der Waals surface area (Å²) in [5.41, 5.74) is 6.84. The molecule has 2 N–H and O–H groups in total. The molecule has 1 aromatic rings. The van der Waals surface area contributed by atoms with Crippen molar-refractivity contribution >= 4 is 17.3 Å². The minimum absolute atomic E-state index is 0.0344. The van der Waals surface area contributed by atoms with Gasteiger partial charge in [-0.05, 0) is 19.9 Å². The molecule has 5 nitrogen and oxygen atoms in total. The number of hydrogen-bond acceptors (Lipinski definition) is 4. The quantitative estimate of drug-likeness (QED) is 0.828. The van der Waals surface area contributed by atoms with E-state index < -0.39 is 0 Å². The van der Waals surface area contributed by atoms with Crippen molar-refractivity contribution in [3.8, 4) is 0 Å². The number of likely N-dealkylation sites (N-methyl/N-ethyl adjacent to an activating group) is 1. The summed E-state index contributed by atoms with van der Waals surface area (Å²) in [6, 6.07) is 1.70. The summed E-state index contributed by atoms with van der Waals surface area (Å²) in [6.45, 7) is 3.82. The Kier molecular flexibility index (Phi) is 4.25. The van der Waals surface area contributed by atoms with Crippen LogP contribution in [-0.2, 0) is 9.53 Å². The van der Waals surface area contributed by atoms with Crippen LogP contribution in [0.2, 0.25) is 0 Å². The zero-order valence-electron chi connectivity index (χ0n) is 9.80. The highest BCUT2D eigenvalue weighted by molar-refractivity contribution is 5.96. The lowest BCUT2D eigenvalue weighted by Crippen LogP contribution is -2.31. The smallest absolute Gasteiger partial charge is 0.252 e. The average molecular weight is 223 g/mol. The topological polar surface area (TPSA) is 68.5 Å². The van der Waals surface area contributed by atoms with Crippen LogP contribution in [0.3, 0.4) is 0 Å². The first-order valence-electron chi connectivity index (χ1n) is 5.10. The number of hydrogen-bond donors (Lipinski definition) is 1. The third-order valence-corrected chi connectivity index (χ3v) is 2.10. The Morgan fingerprint density at radius 2 is 2.31 bits per heavy atom. The van der Waals surface area contributed by atoms with Crippen molar-refractivity contribution in [3.63, 3.8) is 0 Å². The summed E-state index contributed by atoms with van der Waals surface area (Å²) in [4.78, 5) is 17.1. The van der Waals surface area contributed by atoms with Gasteiger partial charge < -0.3 is 15.4 Å². The molecule has 0 aliphatic rings. The fraction of sp³-hybridized carbons (Fsp3) is 0.455. The Labute approximate surface area is 95.2 Å². The maximum absolute atomic E-state index is 11.7. The highest BCUT2D eigenvalue weighted by Crippen LogP contribution is 2.19. The number of nitrogens with zero attached hydrogens (tertiary/aromatic N) is 2. The molecule has 0 saturated heterocycles. The van der Waals surface area contributed by atoms with Crippen molar-refractivity contribution in [1.29, 1.82) is 0 Å². The van der Waals surface area contributed by atoms with Crippen LogP contribution in [0.25, 0.3) is 0 Å². The second-order valence-corrected chi connectivity index (χ2v) is 3.75. The van der Waals surface area contributed by atoms with Gasteiger partial charge in [0.25, 0.3) is 5.91 Å². The molecule has 0 saturated carbocycles. The maximum Gasteiger partial charge on any atom is 0.252 e. The molecule has 0 radical (unpaired) electrons. The minimum atomic E-state index is -0.133. The largest absolute Gasteiger partial charge is 0.396 e. The Balaban J connectivity index is 2.67. The Bertz CT molecular complexity index is 366. The fourth-order valence-electron chi connectivity index (χ4n) is 1.17. The third kappa shape index (κ3) is 3.20. The van der Waals surface area contributed by atoms with Gasteiger partial charge in [-0.1, -0.05) is 0 Å². The lowest BCUT2D eigenvalue weighted by molar-refractivity contribution is -0.124. The van der Waals surface area contributed by atoms with Gasteiger partial charge in [0.2, 0.25) is 0 Å². The maximum atomic E-state index is 11.7. The lowest BCUT2D eigenvalue weighted by atomic mass is 10.3. The zero-order chi connectivity index (χ0) is 12.1. The van der Waals surface area contributed by atoms with E-state index in [1.165, 1.54) is 11.1 Å². The number of nitrogens with two attached hydrogens (primary N) is 1. The average Bonchev–Trinajstić information content (AvgIpc) is 2.25. The number of aromatic nitrogens is 1. The van der Waals surface area contributed by atoms with Crippen LogP contribution in [0.5, 0.6) is 0 Å². The van der Waals surface area contributed by atoms with Crippen LogP contribution in [-0.4, -0.2) is 30.6 Å². The van der Waals surface area contributed by atoms with E-state index in [4.69, 9.17) is 10.5 Å². The Morgan fingerprint density at radius 1 is 1.62 bits per heavy atom. The fourth-order valence-corrected chi connectivity index (χ4v) is 1.17. The summed E-state index contributed by atoms with van der Waals surface area (Å²) >= 11 is 0. The van der Waals surface area contributed by atoms with Crippen molar-refractivity contribution in [2.75, 3.05) is 24.3 Å². The summed E-state index contributed by atoms with van der Waals surface area (Å²) in [5, 5.41) is 0. The molecule has 0 fully saturated rings. The summed E-state index contributed by atoms with van der Waals surface area (Å²) in [5.74, 6) is -0.133. The molecule has 16 heavy (non-hydrogen) atoms. The molecule has 0 aliphatic heterocycles. The van der Waals surface area contributed by atoms with Crippen molar-refractivity contribution in [2.45, 2.75) is 20.0 Å². The highest BCUT2D eigenvalue weighted by Gasteiger charge is 2.13. The van der Waals surface area contributed by atoms with Crippen molar-refractivity contribution < 1.29 is 9.53 Å². The van der Waals surface area contributed by atoms with Gasteiger partial charge in [0.1, 0.15) is 6.61 Å². The van der Waals surface area contributed by atoms with Crippen LogP contribution in [0.15, 0.2) is 18.5 Å². The molecule has 0 unspecified atom stereocenters. The van der Waals surface area contributed by atoms with Crippen LogP contribution < -0.4 is 10.6 Å². The summed E-state index contributed by atoms with van der Waals surface area (Å²) in [7, 11) is 1.66. The predicted molar refractivity (Wildman–Crippen MR) is 63.1 cm³/mol. The number of ether oxygens (including phenoxy) is 1. The van der Waals surface area contributed by atoms with Crippen LogP contribution in [0.1, 0.15) is 13.8 Å². The van der Waals surface area contributed by atoms with Crippen LogP contribution in [0, 0.1) is 0 Å². The molecule has 1 heterocycles. The van der Waals surface area contributed by atoms with E-state index >= 15 is 0 Å². The molecular formula is C11H17N3O2. The van der Waals surface area contributed by atoms with Gasteiger partial charge in [-0.3, -0.25) is 9.78 Å². The van der Waals surface area contributed by atoms with Crippen molar-refractivity contribution in [1.82, 2.24) is 4.98 Å². The van der Waals surface area contributed by atoms with Crippen molar-refractivity contribution in [3.05, 3.63) is 18.5 Å². The third-order valence-electron chi connectivity index (χ3n) is 2.10. The van der Waals surface area contributed by atoms with Gasteiger partial charge in [-0.2, -0.15) is 0 Å². The van der Waals surface area contributed by atoms with Gasteiger partial charge in [-0.15, -0.1) is 0 Å². The van der Waals surface area contributed by atoms with E-state index in [9.17, 15) is 4.79 Å². The molecule has 1 aromatic heterocycles. The molecule has 0 spiro atoms. The van der Waals surface area contributed by atoms with E-state index in [1.54, 1.807) is 19.3 Å². The van der Waals surface area contributed by atoms with E-state index in [2.05, 4.69) is 4.98 Å². The van der Waals surface area contributed by atoms with E-state index in [0.29, 0.717) is 11.4 Å². The number of pyridine rings is 1. The second kappa shape index (κ2) is 5.46. The Morgan fingerprint density at radius 3 is 2.88 bits per heavy atom. The van der Waals surface area contributed by atoms with Crippen LogP contribution in [0.4, 0.5) is 11.4 Å². The van der Waals surface area contributed by atoms with Gasteiger partial charge >= 0.3 is 0 Å². The van der Waals surface area contributed by atoms with E-state index in [-0.39, 0.29) is 18.6 Å². The number of amides is 1. The minimum Gasteiger partial charge on any atom is -0.396 e. The van der Waals surface area contributed by atoms with E-state index in [0.717, 1.165) is 0 Å². The monoisotopic (exact) mass is 223 g/mol. The Hall–Kier alpha value is -1.62. The standard InChI is InChI=1S/C11H17N3O2/c1-8(2)16-7-11(15)14(3)10-4-5-13-6-9(10)12/h4-6,8H,7,12H2,1-3H3. The van der Waals surface area contributed by atoms with Gasteiger partial charge in [0.05, 0.1) is 23.7 Å². The molecule has 5 heteroatoms. The van der Waals surface area contributed by atoms with Gasteiger partial charge in [-0.25, -0.2) is 0 Å². The van der Waals surface area contributed by atoms with Crippen LogP contribution >= 0.6 is 0 Å². The number of rotatable bonds is 4. The molecule has 1 amide bonds. The normalized spacial score (nSPS) is 10.5. The molecule has 0 bridgehead atoms. The lowest BCUT2D eigenvalue weighted by Gasteiger charge is -2.19. The summed E-state index contributed by atoms with van der Waals surface area (Å²) < 4.78 is 5.24. The number of nitrogen functional groups attached to an aromatic ring is 1. The molecule has 0 atom stereocenters. The molecular weight excluding hydrogens is 206 g/mol. The number of anilines is 2.